The van der Waals surface area contributed by atoms with Gasteiger partial charge in [0.15, 0.2) is 5.43 Å². The lowest BCUT2D eigenvalue weighted by molar-refractivity contribution is -0.144. The van der Waals surface area contributed by atoms with Crippen LogP contribution in [0.1, 0.15) is 18.6 Å². The fourth-order valence-corrected chi connectivity index (χ4v) is 2.60. The zero-order chi connectivity index (χ0) is 20.1. The van der Waals surface area contributed by atoms with E-state index in [9.17, 15) is 14.4 Å². The van der Waals surface area contributed by atoms with Crippen molar-refractivity contribution in [1.29, 1.82) is 0 Å². The van der Waals surface area contributed by atoms with E-state index in [0.29, 0.717) is 35.1 Å². The summed E-state index contributed by atoms with van der Waals surface area (Å²) in [5, 5.41) is 12.3. The van der Waals surface area contributed by atoms with Crippen molar-refractivity contribution in [3.05, 3.63) is 52.4 Å². The van der Waals surface area contributed by atoms with Crippen LogP contribution in [0.2, 0.25) is 0 Å². The number of carbonyl (C=O) groups is 2. The van der Waals surface area contributed by atoms with Crippen molar-refractivity contribution in [2.45, 2.75) is 31.9 Å². The number of hydrogen-bond donors (Lipinski definition) is 2. The highest BCUT2D eigenvalue weighted by molar-refractivity contribution is 5.90. The van der Waals surface area contributed by atoms with Crippen molar-refractivity contribution < 1.29 is 28.6 Å². The van der Waals surface area contributed by atoms with Crippen LogP contribution in [0.25, 0.3) is 11.0 Å². The Morgan fingerprint density at radius 3 is 2.82 bits per heavy atom. The maximum Gasteiger partial charge on any atom is 0.331 e. The molecule has 148 valence electrons. The zero-order valence-electron chi connectivity index (χ0n) is 15.3. The number of esters is 1. The van der Waals surface area contributed by atoms with Gasteiger partial charge in [0.05, 0.1) is 5.39 Å². The first-order chi connectivity index (χ1) is 13.4. The average Bonchev–Trinajstić information content (AvgIpc) is 3.46. The first-order valence-electron chi connectivity index (χ1n) is 8.93. The molecule has 1 unspecified atom stereocenters. The lowest BCUT2D eigenvalue weighted by Crippen LogP contribution is -2.36. The quantitative estimate of drug-likeness (QED) is 0.494. The molecule has 28 heavy (non-hydrogen) atoms. The van der Waals surface area contributed by atoms with Gasteiger partial charge in [0.1, 0.15) is 29.8 Å². The molecule has 0 bridgehead atoms. The minimum Gasteiger partial charge on any atom is -0.490 e. The summed E-state index contributed by atoms with van der Waals surface area (Å²) in [7, 11) is 0. The van der Waals surface area contributed by atoms with Gasteiger partial charge in [0, 0.05) is 36.9 Å². The van der Waals surface area contributed by atoms with Crippen LogP contribution in [0.4, 0.5) is 0 Å². The van der Waals surface area contributed by atoms with Crippen molar-refractivity contribution in [3.8, 4) is 5.75 Å². The van der Waals surface area contributed by atoms with Crippen LogP contribution in [0.15, 0.2) is 45.6 Å². The smallest absolute Gasteiger partial charge is 0.331 e. The third-order valence-electron chi connectivity index (χ3n) is 4.12. The van der Waals surface area contributed by atoms with Gasteiger partial charge in [-0.1, -0.05) is 0 Å². The number of nitrogens with one attached hydrogen (secondary N) is 1. The Bertz CT molecular complexity index is 959. The van der Waals surface area contributed by atoms with Crippen molar-refractivity contribution in [2.24, 2.45) is 0 Å². The minimum atomic E-state index is -1.23. The van der Waals surface area contributed by atoms with Gasteiger partial charge < -0.3 is 24.3 Å². The van der Waals surface area contributed by atoms with Crippen LogP contribution in [0.3, 0.4) is 0 Å². The maximum absolute atomic E-state index is 11.9. The largest absolute Gasteiger partial charge is 0.490 e. The van der Waals surface area contributed by atoms with Crippen molar-refractivity contribution in [1.82, 2.24) is 5.32 Å². The predicted molar refractivity (Wildman–Crippen MR) is 100 cm³/mol. The highest BCUT2D eigenvalue weighted by Crippen LogP contribution is 2.21. The molecule has 1 saturated carbocycles. The molecule has 8 nitrogen and oxygen atoms in total. The zero-order valence-corrected chi connectivity index (χ0v) is 15.3. The Morgan fingerprint density at radius 2 is 2.11 bits per heavy atom. The van der Waals surface area contributed by atoms with Crippen molar-refractivity contribution >= 4 is 22.9 Å². The molecule has 1 aliphatic carbocycles. The number of carboxylic acid groups (broad SMARTS) is 1. The topological polar surface area (TPSA) is 115 Å². The number of fused-ring (bicyclic) bond motifs is 1. The van der Waals surface area contributed by atoms with Gasteiger partial charge in [-0.3, -0.25) is 4.79 Å². The minimum absolute atomic E-state index is 0.0634. The van der Waals surface area contributed by atoms with E-state index < -0.39 is 18.0 Å². The van der Waals surface area contributed by atoms with E-state index in [4.69, 9.17) is 19.0 Å². The van der Waals surface area contributed by atoms with Gasteiger partial charge in [-0.2, -0.15) is 0 Å². The van der Waals surface area contributed by atoms with Gasteiger partial charge in [-0.05, 0) is 31.9 Å². The van der Waals surface area contributed by atoms with E-state index >= 15 is 0 Å². The van der Waals surface area contributed by atoms with Crippen LogP contribution >= 0.6 is 0 Å². The fraction of sp³-hybridized carbons (Fsp3) is 0.350. The molecular weight excluding hydrogens is 366 g/mol. The van der Waals surface area contributed by atoms with E-state index in [1.807, 2.05) is 0 Å². The molecule has 1 aromatic carbocycles. The number of aryl methyl sites for hydroxylation is 1. The third kappa shape index (κ3) is 5.68. The highest BCUT2D eigenvalue weighted by atomic mass is 16.6. The van der Waals surface area contributed by atoms with Gasteiger partial charge >= 0.3 is 11.9 Å². The molecule has 1 fully saturated rings. The molecular formula is C20H21NO7. The van der Waals surface area contributed by atoms with Crippen molar-refractivity contribution in [3.63, 3.8) is 0 Å². The Balaban J connectivity index is 1.66. The summed E-state index contributed by atoms with van der Waals surface area (Å²) < 4.78 is 16.5. The maximum atomic E-state index is 11.9. The molecule has 0 saturated heterocycles. The molecule has 1 atom stereocenters. The Morgan fingerprint density at radius 1 is 1.32 bits per heavy atom. The van der Waals surface area contributed by atoms with E-state index in [2.05, 4.69) is 5.32 Å². The van der Waals surface area contributed by atoms with Gasteiger partial charge in [-0.15, -0.1) is 0 Å². The summed E-state index contributed by atoms with van der Waals surface area (Å²) in [5.41, 5.74) is 0.285. The van der Waals surface area contributed by atoms with Crippen LogP contribution in [-0.2, 0) is 14.3 Å². The summed E-state index contributed by atoms with van der Waals surface area (Å²) in [6, 6.07) is 6.71. The summed E-state index contributed by atoms with van der Waals surface area (Å²) in [5.74, 6) is -1.02. The second kappa shape index (κ2) is 8.71. The molecule has 1 aliphatic rings. The van der Waals surface area contributed by atoms with E-state index in [1.54, 1.807) is 25.1 Å². The molecule has 8 heteroatoms. The summed E-state index contributed by atoms with van der Waals surface area (Å²) in [6.45, 7) is 2.14. The molecule has 3 rings (SSSR count). The van der Waals surface area contributed by atoms with Crippen molar-refractivity contribution in [2.75, 3.05) is 13.2 Å². The molecule has 0 radical (unpaired) electrons. The Kier molecular flexibility index (Phi) is 6.10. The number of carbonyl (C=O) groups excluding carboxylic acids is 1. The van der Waals surface area contributed by atoms with Gasteiger partial charge in [0.25, 0.3) is 0 Å². The molecule has 1 aromatic heterocycles. The second-order valence-corrected chi connectivity index (χ2v) is 6.60. The van der Waals surface area contributed by atoms with Crippen LogP contribution in [0, 0.1) is 6.92 Å². The lowest BCUT2D eigenvalue weighted by atomic mass is 10.2. The van der Waals surface area contributed by atoms with E-state index in [-0.39, 0.29) is 12.0 Å². The normalized spacial score (nSPS) is 14.9. The summed E-state index contributed by atoms with van der Waals surface area (Å²) in [4.78, 5) is 34.2. The van der Waals surface area contributed by atoms with Gasteiger partial charge in [0.2, 0.25) is 0 Å². The molecule has 0 spiro atoms. The van der Waals surface area contributed by atoms with Crippen LogP contribution in [-0.4, -0.2) is 42.3 Å². The first kappa shape index (κ1) is 19.6. The number of benzene rings is 1. The molecule has 2 N–H and O–H groups in total. The van der Waals surface area contributed by atoms with Crippen LogP contribution < -0.4 is 15.5 Å². The lowest BCUT2D eigenvalue weighted by Gasteiger charge is -2.18. The first-order valence-corrected chi connectivity index (χ1v) is 8.93. The Hall–Kier alpha value is -3.13. The number of hydrogen-bond acceptors (Lipinski definition) is 7. The molecule has 0 amide bonds. The highest BCUT2D eigenvalue weighted by Gasteiger charge is 2.23. The number of rotatable bonds is 9. The molecule has 0 aliphatic heterocycles. The summed E-state index contributed by atoms with van der Waals surface area (Å²) >= 11 is 0. The number of carboxylic acids is 1. The van der Waals surface area contributed by atoms with E-state index in [0.717, 1.165) is 25.0 Å². The fourth-order valence-electron chi connectivity index (χ4n) is 2.60. The van der Waals surface area contributed by atoms with Gasteiger partial charge in [-0.25, -0.2) is 9.59 Å². The van der Waals surface area contributed by atoms with Crippen LogP contribution in [0.5, 0.6) is 5.75 Å². The predicted octanol–water partition coefficient (Wildman–Crippen LogP) is 1.78. The molecule has 2 aromatic rings. The third-order valence-corrected chi connectivity index (χ3v) is 4.12. The SMILES string of the molecule is Cc1cc(=O)c2ccc(OCC(CNC3CC3)OC(=O)C=CC(=O)O)cc2o1. The van der Waals surface area contributed by atoms with E-state index in [1.165, 1.54) is 6.07 Å². The monoisotopic (exact) mass is 387 g/mol. The molecule has 1 heterocycles. The average molecular weight is 387 g/mol. The second-order valence-electron chi connectivity index (χ2n) is 6.60. The number of aliphatic carboxylic acids is 1. The Labute approximate surface area is 160 Å². The number of ether oxygens (including phenoxy) is 2. The standard InChI is InChI=1S/C20H21NO7/c1-12-8-17(22)16-5-4-14(9-18(16)27-12)26-11-15(10-21-13-2-3-13)28-20(25)7-6-19(23)24/h4-9,13,15,21H,2-3,10-11H2,1H3,(H,23,24). The summed E-state index contributed by atoms with van der Waals surface area (Å²) in [6.07, 6.45) is 3.13.